The zero-order valence-corrected chi connectivity index (χ0v) is 25.3. The number of rotatable bonds is 9. The Balaban J connectivity index is 1.40. The Hall–Kier alpha value is -3.64. The van der Waals surface area contributed by atoms with E-state index in [1.807, 2.05) is 73.9 Å². The van der Waals surface area contributed by atoms with Crippen LogP contribution in [0.5, 0.6) is 0 Å². The summed E-state index contributed by atoms with van der Waals surface area (Å²) in [6, 6.07) is 30.3. The Morgan fingerprint density at radius 1 is 0.953 bits per heavy atom. The average molecular weight is 647 g/mol. The molecule has 2 fully saturated rings. The molecular weight excluding hydrogens is 614 g/mol. The SMILES string of the molecule is CC1(C)O[C@@H]2[C@H](O1)[C@@H](COC(c1ccccc1)(c1ccccc1)c1ccccc1)O[C@H]2n1cc(C=CBr)c(NO)nc1=O. The first-order valence-corrected chi connectivity index (χ1v) is 14.9. The summed E-state index contributed by atoms with van der Waals surface area (Å²) in [7, 11) is 0. The molecule has 0 bridgehead atoms. The van der Waals surface area contributed by atoms with E-state index in [-0.39, 0.29) is 12.4 Å². The minimum Gasteiger partial charge on any atom is -0.358 e. The molecule has 1 aromatic heterocycles. The maximum atomic E-state index is 13.1. The van der Waals surface area contributed by atoms with Crippen LogP contribution < -0.4 is 11.2 Å². The Kier molecular flexibility index (Phi) is 8.32. The maximum absolute atomic E-state index is 13.1. The Bertz CT molecular complexity index is 1530. The first kappa shape index (κ1) is 29.4. The van der Waals surface area contributed by atoms with E-state index in [0.717, 1.165) is 16.7 Å². The monoisotopic (exact) mass is 645 g/mol. The van der Waals surface area contributed by atoms with E-state index in [1.165, 1.54) is 4.57 Å². The predicted octanol–water partition coefficient (Wildman–Crippen LogP) is 5.84. The fourth-order valence-electron chi connectivity index (χ4n) is 5.94. The van der Waals surface area contributed by atoms with Gasteiger partial charge in [0.2, 0.25) is 0 Å². The summed E-state index contributed by atoms with van der Waals surface area (Å²) in [5.41, 5.74) is 3.74. The van der Waals surface area contributed by atoms with E-state index in [1.54, 1.807) is 17.3 Å². The summed E-state index contributed by atoms with van der Waals surface area (Å²) in [5.74, 6) is -0.888. The second kappa shape index (κ2) is 12.2. The highest BCUT2D eigenvalue weighted by Crippen LogP contribution is 2.45. The Labute approximate surface area is 257 Å². The van der Waals surface area contributed by atoms with Gasteiger partial charge in [0.05, 0.1) is 6.61 Å². The van der Waals surface area contributed by atoms with Crippen LogP contribution >= 0.6 is 15.9 Å². The molecule has 4 atom stereocenters. The van der Waals surface area contributed by atoms with E-state index >= 15 is 0 Å². The van der Waals surface area contributed by atoms with Crippen molar-refractivity contribution in [3.8, 4) is 0 Å². The number of nitrogens with zero attached hydrogens (tertiary/aromatic N) is 2. The van der Waals surface area contributed by atoms with Gasteiger partial charge in [-0.3, -0.25) is 15.3 Å². The number of ether oxygens (including phenoxy) is 4. The van der Waals surface area contributed by atoms with Crippen molar-refractivity contribution >= 4 is 27.8 Å². The highest BCUT2D eigenvalue weighted by Gasteiger charge is 2.57. The van der Waals surface area contributed by atoms with Crippen molar-refractivity contribution in [2.45, 2.75) is 49.8 Å². The van der Waals surface area contributed by atoms with Gasteiger partial charge in [0, 0.05) is 11.8 Å². The third-order valence-electron chi connectivity index (χ3n) is 7.73. The fourth-order valence-corrected chi connectivity index (χ4v) is 6.22. The van der Waals surface area contributed by atoms with Crippen molar-refractivity contribution in [2.75, 3.05) is 12.1 Å². The zero-order valence-electron chi connectivity index (χ0n) is 23.7. The normalized spacial score (nSPS) is 23.0. The minimum absolute atomic E-state index is 0.0219. The van der Waals surface area contributed by atoms with Crippen LogP contribution in [0, 0.1) is 0 Å². The van der Waals surface area contributed by atoms with E-state index in [2.05, 4.69) is 57.3 Å². The van der Waals surface area contributed by atoms with Gasteiger partial charge in [-0.25, -0.2) is 4.79 Å². The molecule has 4 aromatic rings. The van der Waals surface area contributed by atoms with Gasteiger partial charge in [0.1, 0.15) is 23.9 Å². The molecule has 43 heavy (non-hydrogen) atoms. The first-order valence-electron chi connectivity index (χ1n) is 14.0. The van der Waals surface area contributed by atoms with Crippen LogP contribution in [0.1, 0.15) is 42.3 Å². The van der Waals surface area contributed by atoms with Crippen molar-refractivity contribution in [2.24, 2.45) is 0 Å². The molecule has 10 heteroatoms. The van der Waals surface area contributed by atoms with Crippen LogP contribution in [0.25, 0.3) is 6.08 Å². The molecule has 0 radical (unpaired) electrons. The topological polar surface area (TPSA) is 104 Å². The van der Waals surface area contributed by atoms with Gasteiger partial charge in [-0.05, 0) is 41.6 Å². The molecule has 6 rings (SSSR count). The number of hydrogen-bond donors (Lipinski definition) is 2. The molecule has 9 nitrogen and oxygen atoms in total. The second-order valence-corrected chi connectivity index (χ2v) is 11.4. The molecule has 3 aromatic carbocycles. The summed E-state index contributed by atoms with van der Waals surface area (Å²) < 4.78 is 27.6. The van der Waals surface area contributed by atoms with Crippen LogP contribution in [-0.2, 0) is 24.5 Å². The molecule has 2 aliphatic heterocycles. The molecule has 0 unspecified atom stereocenters. The number of fused-ring (bicyclic) bond motifs is 1. The zero-order chi connectivity index (χ0) is 30.0. The Morgan fingerprint density at radius 2 is 1.49 bits per heavy atom. The molecular formula is C33H32BrN3O6. The number of halogens is 1. The molecule has 0 amide bonds. The lowest BCUT2D eigenvalue weighted by Crippen LogP contribution is -2.39. The lowest BCUT2D eigenvalue weighted by molar-refractivity contribution is -0.205. The van der Waals surface area contributed by atoms with Gasteiger partial charge in [-0.15, -0.1) is 0 Å². The lowest BCUT2D eigenvalue weighted by Gasteiger charge is -2.37. The number of anilines is 1. The number of benzene rings is 3. The standard InChI is InChI=1S/C33H32BrN3O6/c1-32(2)42-27-26(41-30(28(27)43-32)37-20-22(18-19-34)29(36-39)35-31(37)38)21-40-33(23-12-6-3-7-13-23,24-14-8-4-9-15-24)25-16-10-5-11-17-25/h3-20,26-28,30,39H,21H2,1-2H3,(H,35,36,38)/t26-,27-,28-,30-/m1/s1. The molecule has 0 aliphatic carbocycles. The van der Waals surface area contributed by atoms with E-state index in [0.29, 0.717) is 5.56 Å². The quantitative estimate of drug-likeness (QED) is 0.173. The number of hydrogen-bond acceptors (Lipinski definition) is 8. The van der Waals surface area contributed by atoms with Gasteiger partial charge in [-0.1, -0.05) is 107 Å². The summed E-state index contributed by atoms with van der Waals surface area (Å²) >= 11 is 3.24. The van der Waals surface area contributed by atoms with Gasteiger partial charge in [0.25, 0.3) is 0 Å². The highest BCUT2D eigenvalue weighted by molar-refractivity contribution is 9.11. The summed E-state index contributed by atoms with van der Waals surface area (Å²) in [4.78, 5) is 18.7. The van der Waals surface area contributed by atoms with Crippen molar-refractivity contribution in [1.29, 1.82) is 0 Å². The molecule has 0 spiro atoms. The van der Waals surface area contributed by atoms with Crippen LogP contribution in [0.2, 0.25) is 0 Å². The minimum atomic E-state index is -0.962. The smallest absolute Gasteiger partial charge is 0.351 e. The van der Waals surface area contributed by atoms with Crippen molar-refractivity contribution in [1.82, 2.24) is 9.55 Å². The van der Waals surface area contributed by atoms with Crippen molar-refractivity contribution in [3.05, 3.63) is 135 Å². The van der Waals surface area contributed by atoms with Gasteiger partial charge in [-0.2, -0.15) is 4.98 Å². The maximum Gasteiger partial charge on any atom is 0.351 e. The summed E-state index contributed by atoms with van der Waals surface area (Å²) in [6.07, 6.45) is 0.626. The molecule has 222 valence electrons. The average Bonchev–Trinajstić information content (AvgIpc) is 3.52. The number of aromatic nitrogens is 2. The third-order valence-corrected chi connectivity index (χ3v) is 8.00. The van der Waals surface area contributed by atoms with E-state index < -0.39 is 41.6 Å². The van der Waals surface area contributed by atoms with Crippen LogP contribution in [0.4, 0.5) is 5.82 Å². The van der Waals surface area contributed by atoms with Crippen molar-refractivity contribution < 1.29 is 24.2 Å². The molecule has 3 heterocycles. The van der Waals surface area contributed by atoms with E-state index in [9.17, 15) is 10.0 Å². The highest BCUT2D eigenvalue weighted by atomic mass is 79.9. The third kappa shape index (κ3) is 5.58. The van der Waals surface area contributed by atoms with Crippen molar-refractivity contribution in [3.63, 3.8) is 0 Å². The Morgan fingerprint density at radius 3 is 2.00 bits per heavy atom. The fraction of sp³-hybridized carbons (Fsp3) is 0.273. The van der Waals surface area contributed by atoms with Crippen LogP contribution in [-0.4, -0.2) is 45.5 Å². The van der Waals surface area contributed by atoms with Gasteiger partial charge >= 0.3 is 5.69 Å². The lowest BCUT2D eigenvalue weighted by atomic mass is 9.80. The summed E-state index contributed by atoms with van der Waals surface area (Å²) in [6.45, 7) is 3.80. The largest absolute Gasteiger partial charge is 0.358 e. The molecule has 2 aliphatic rings. The molecule has 2 N–H and O–H groups in total. The second-order valence-electron chi connectivity index (χ2n) is 10.9. The molecule has 2 saturated heterocycles. The number of nitrogens with one attached hydrogen (secondary N) is 1. The van der Waals surface area contributed by atoms with Crippen LogP contribution in [0.3, 0.4) is 0 Å². The van der Waals surface area contributed by atoms with Crippen LogP contribution in [0.15, 0.2) is 107 Å². The predicted molar refractivity (Wildman–Crippen MR) is 165 cm³/mol. The summed E-state index contributed by atoms with van der Waals surface area (Å²) in [5, 5.41) is 9.51. The molecule has 0 saturated carbocycles. The first-order chi connectivity index (χ1) is 20.9. The van der Waals surface area contributed by atoms with E-state index in [4.69, 9.17) is 18.9 Å². The van der Waals surface area contributed by atoms with Gasteiger partial charge < -0.3 is 18.9 Å². The van der Waals surface area contributed by atoms with Gasteiger partial charge in [0.15, 0.2) is 17.8 Å².